The molecule has 1 N–H and O–H groups in total. The van der Waals surface area contributed by atoms with Gasteiger partial charge in [0, 0.05) is 5.56 Å². The molecule has 1 heterocycles. The van der Waals surface area contributed by atoms with Gasteiger partial charge in [-0.2, -0.15) is 5.10 Å². The van der Waals surface area contributed by atoms with Crippen LogP contribution in [0.5, 0.6) is 5.75 Å². The van der Waals surface area contributed by atoms with E-state index >= 15 is 0 Å². The van der Waals surface area contributed by atoms with Crippen molar-refractivity contribution in [1.82, 2.24) is 15.1 Å². The van der Waals surface area contributed by atoms with Crippen LogP contribution in [0.25, 0.3) is 16.8 Å². The van der Waals surface area contributed by atoms with Gasteiger partial charge in [0.2, 0.25) is 0 Å². The van der Waals surface area contributed by atoms with Crippen molar-refractivity contribution in [2.75, 3.05) is 13.2 Å². The third-order valence-corrected chi connectivity index (χ3v) is 5.34. The van der Waals surface area contributed by atoms with Gasteiger partial charge in [-0.1, -0.05) is 66.7 Å². The van der Waals surface area contributed by atoms with Crippen molar-refractivity contribution in [1.29, 1.82) is 0 Å². The molecule has 1 aromatic heterocycles. The van der Waals surface area contributed by atoms with E-state index in [-0.39, 0.29) is 13.2 Å². The van der Waals surface area contributed by atoms with Crippen LogP contribution in [0.3, 0.4) is 0 Å². The molecule has 0 spiro atoms. The number of carbonyl (C=O) groups excluding carboxylic acids is 2. The van der Waals surface area contributed by atoms with Crippen LogP contribution in [0, 0.1) is 13.8 Å². The third-order valence-electron chi connectivity index (χ3n) is 5.34. The number of nitrogens with zero attached hydrogens (tertiary/aromatic N) is 2. The number of aryl methyl sites for hydroxylation is 1. The molecule has 1 amide bonds. The minimum absolute atomic E-state index is 0.207. The third kappa shape index (κ3) is 4.85. The molecule has 6 nitrogen and oxygen atoms in total. The predicted molar refractivity (Wildman–Crippen MR) is 128 cm³/mol. The number of para-hydroxylation sites is 2. The number of aromatic nitrogens is 2. The normalized spacial score (nSPS) is 10.6. The Morgan fingerprint density at radius 3 is 2.24 bits per heavy atom. The average Bonchev–Trinajstić information content (AvgIpc) is 3.16. The quantitative estimate of drug-likeness (QED) is 0.249. The average molecular weight is 440 g/mol. The Balaban J connectivity index is 1.38. The predicted octanol–water partition coefficient (Wildman–Crippen LogP) is 4.53. The van der Waals surface area contributed by atoms with E-state index in [2.05, 4.69) is 10.4 Å². The Hall–Kier alpha value is -4.19. The number of ketones is 1. The number of amides is 1. The maximum absolute atomic E-state index is 12.8. The van der Waals surface area contributed by atoms with Gasteiger partial charge in [0.25, 0.3) is 11.7 Å². The van der Waals surface area contributed by atoms with Crippen molar-refractivity contribution >= 4 is 11.7 Å². The van der Waals surface area contributed by atoms with Gasteiger partial charge in [0.05, 0.1) is 29.2 Å². The summed E-state index contributed by atoms with van der Waals surface area (Å²) in [6, 6.07) is 27.2. The molecule has 0 saturated carbocycles. The fourth-order valence-electron chi connectivity index (χ4n) is 3.76. The molecule has 0 unspecified atom stereocenters. The Morgan fingerprint density at radius 1 is 0.879 bits per heavy atom. The zero-order valence-electron chi connectivity index (χ0n) is 18.6. The molecule has 0 radical (unpaired) electrons. The fourth-order valence-corrected chi connectivity index (χ4v) is 3.76. The topological polar surface area (TPSA) is 73.2 Å². The number of hydrogen-bond acceptors (Lipinski definition) is 4. The van der Waals surface area contributed by atoms with Crippen molar-refractivity contribution in [3.8, 4) is 22.6 Å². The number of ether oxygens (including phenoxy) is 1. The lowest BCUT2D eigenvalue weighted by Crippen LogP contribution is -2.34. The molecule has 0 aliphatic rings. The van der Waals surface area contributed by atoms with E-state index < -0.39 is 11.7 Å². The summed E-state index contributed by atoms with van der Waals surface area (Å²) in [6.45, 7) is 3.97. The summed E-state index contributed by atoms with van der Waals surface area (Å²) in [7, 11) is 0. The number of nitrogens with one attached hydrogen (secondary N) is 1. The summed E-state index contributed by atoms with van der Waals surface area (Å²) in [5, 5.41) is 7.11. The van der Waals surface area contributed by atoms with E-state index in [4.69, 9.17) is 4.74 Å². The molecule has 0 atom stereocenters. The Bertz CT molecular complexity index is 1260. The maximum atomic E-state index is 12.8. The smallest absolute Gasteiger partial charge is 0.292 e. The number of hydrogen-bond donors (Lipinski definition) is 1. The Kier molecular flexibility index (Phi) is 6.64. The number of carbonyl (C=O) groups is 2. The van der Waals surface area contributed by atoms with E-state index in [9.17, 15) is 9.59 Å². The minimum Gasteiger partial charge on any atom is -0.491 e. The molecular weight excluding hydrogens is 414 g/mol. The standard InChI is InChI=1S/C27H25N3O3/c1-19-25(20(2)30(29-19)22-13-7-4-8-14-22)26(31)27(32)28-17-18-33-24-16-10-9-15-23(24)21-11-5-3-6-12-21/h3-16H,17-18H2,1-2H3,(H,28,32). The van der Waals surface area contributed by atoms with Crippen LogP contribution in [-0.4, -0.2) is 34.6 Å². The lowest BCUT2D eigenvalue weighted by molar-refractivity contribution is -0.117. The maximum Gasteiger partial charge on any atom is 0.292 e. The molecule has 0 bridgehead atoms. The van der Waals surface area contributed by atoms with Crippen molar-refractivity contribution < 1.29 is 14.3 Å². The molecule has 4 aromatic rings. The van der Waals surface area contributed by atoms with Crippen molar-refractivity contribution in [3.05, 3.63) is 102 Å². The highest BCUT2D eigenvalue weighted by atomic mass is 16.5. The van der Waals surface area contributed by atoms with Gasteiger partial charge in [-0.25, -0.2) is 4.68 Å². The van der Waals surface area contributed by atoms with Crippen LogP contribution in [0.2, 0.25) is 0 Å². The molecule has 4 rings (SSSR count). The van der Waals surface area contributed by atoms with Gasteiger partial charge in [0.15, 0.2) is 0 Å². The molecule has 0 aliphatic heterocycles. The molecule has 3 aromatic carbocycles. The lowest BCUT2D eigenvalue weighted by Gasteiger charge is -2.12. The Morgan fingerprint density at radius 2 is 1.52 bits per heavy atom. The summed E-state index contributed by atoms with van der Waals surface area (Å²) in [4.78, 5) is 25.4. The largest absolute Gasteiger partial charge is 0.491 e. The molecule has 166 valence electrons. The van der Waals surface area contributed by atoms with Crippen LogP contribution < -0.4 is 10.1 Å². The molecule has 33 heavy (non-hydrogen) atoms. The van der Waals surface area contributed by atoms with Gasteiger partial charge in [-0.3, -0.25) is 9.59 Å². The van der Waals surface area contributed by atoms with Gasteiger partial charge >= 0.3 is 0 Å². The van der Waals surface area contributed by atoms with Crippen LogP contribution in [0.4, 0.5) is 0 Å². The number of rotatable bonds is 8. The van der Waals surface area contributed by atoms with Gasteiger partial charge in [-0.15, -0.1) is 0 Å². The van der Waals surface area contributed by atoms with E-state index in [0.29, 0.717) is 17.0 Å². The first-order valence-electron chi connectivity index (χ1n) is 10.8. The molecule has 0 fully saturated rings. The summed E-state index contributed by atoms with van der Waals surface area (Å²) in [6.07, 6.45) is 0. The van der Waals surface area contributed by atoms with Crippen molar-refractivity contribution in [2.45, 2.75) is 13.8 Å². The first-order chi connectivity index (χ1) is 16.1. The zero-order chi connectivity index (χ0) is 23.2. The molecular formula is C27H25N3O3. The lowest BCUT2D eigenvalue weighted by atomic mass is 10.1. The van der Waals surface area contributed by atoms with E-state index in [1.165, 1.54) is 0 Å². The Labute approximate surface area is 192 Å². The zero-order valence-corrected chi connectivity index (χ0v) is 18.6. The fraction of sp³-hybridized carbons (Fsp3) is 0.148. The highest BCUT2D eigenvalue weighted by Gasteiger charge is 2.24. The number of benzene rings is 3. The second-order valence-corrected chi connectivity index (χ2v) is 7.59. The van der Waals surface area contributed by atoms with Crippen molar-refractivity contribution in [2.24, 2.45) is 0 Å². The van der Waals surface area contributed by atoms with Crippen LogP contribution in [0.15, 0.2) is 84.9 Å². The first kappa shape index (κ1) is 22.0. The highest BCUT2D eigenvalue weighted by molar-refractivity contribution is 6.43. The van der Waals surface area contributed by atoms with Gasteiger partial charge < -0.3 is 10.1 Å². The monoisotopic (exact) mass is 439 g/mol. The SMILES string of the molecule is Cc1nn(-c2ccccc2)c(C)c1C(=O)C(=O)NCCOc1ccccc1-c1ccccc1. The molecule has 6 heteroatoms. The molecule has 0 saturated heterocycles. The summed E-state index contributed by atoms with van der Waals surface area (Å²) in [5.41, 5.74) is 4.33. The van der Waals surface area contributed by atoms with E-state index in [0.717, 1.165) is 22.6 Å². The summed E-state index contributed by atoms with van der Waals surface area (Å²) < 4.78 is 7.57. The summed E-state index contributed by atoms with van der Waals surface area (Å²) in [5.74, 6) is -0.550. The van der Waals surface area contributed by atoms with Crippen LogP contribution in [-0.2, 0) is 4.79 Å². The second-order valence-electron chi connectivity index (χ2n) is 7.59. The van der Waals surface area contributed by atoms with Gasteiger partial charge in [-0.05, 0) is 37.6 Å². The second kappa shape index (κ2) is 9.96. The van der Waals surface area contributed by atoms with Crippen LogP contribution in [0.1, 0.15) is 21.7 Å². The van der Waals surface area contributed by atoms with Crippen LogP contribution >= 0.6 is 0 Å². The first-order valence-corrected chi connectivity index (χ1v) is 10.8. The van der Waals surface area contributed by atoms with E-state index in [1.807, 2.05) is 84.9 Å². The number of Topliss-reactive ketones (excluding diaryl/α,β-unsaturated/α-hetero) is 1. The van der Waals surface area contributed by atoms with Gasteiger partial charge in [0.1, 0.15) is 12.4 Å². The highest BCUT2D eigenvalue weighted by Crippen LogP contribution is 2.29. The van der Waals surface area contributed by atoms with Crippen molar-refractivity contribution in [3.63, 3.8) is 0 Å². The van der Waals surface area contributed by atoms with E-state index in [1.54, 1.807) is 18.5 Å². The molecule has 0 aliphatic carbocycles. The minimum atomic E-state index is -0.672. The summed E-state index contributed by atoms with van der Waals surface area (Å²) >= 11 is 0.